The summed E-state index contributed by atoms with van der Waals surface area (Å²) < 4.78 is 5.08. The van der Waals surface area contributed by atoms with Gasteiger partial charge in [0.05, 0.1) is 12.5 Å². The minimum Gasteiger partial charge on any atom is -0.481 e. The van der Waals surface area contributed by atoms with Crippen molar-refractivity contribution in [3.8, 4) is 0 Å². The van der Waals surface area contributed by atoms with Crippen molar-refractivity contribution in [1.29, 1.82) is 0 Å². The van der Waals surface area contributed by atoms with E-state index in [1.807, 2.05) is 18.2 Å². The van der Waals surface area contributed by atoms with Gasteiger partial charge in [-0.15, -0.1) is 0 Å². The molecule has 1 saturated heterocycles. The number of ether oxygens (including phenoxy) is 1. The normalized spacial score (nSPS) is 18.7. The molecule has 1 atom stereocenters. The van der Waals surface area contributed by atoms with Gasteiger partial charge in [0.25, 0.3) is 0 Å². The lowest BCUT2D eigenvalue weighted by molar-refractivity contribution is -0.139. The van der Waals surface area contributed by atoms with Crippen LogP contribution in [0.2, 0.25) is 0 Å². The zero-order valence-corrected chi connectivity index (χ0v) is 9.56. The molecule has 1 aliphatic rings. The molecule has 16 heavy (non-hydrogen) atoms. The zero-order valence-electron chi connectivity index (χ0n) is 9.56. The second-order valence-electron chi connectivity index (χ2n) is 3.89. The Hall–Kier alpha value is -1.35. The highest BCUT2D eigenvalue weighted by Gasteiger charge is 2.17. The minimum absolute atomic E-state index is 0.0116. The predicted octanol–water partition coefficient (Wildman–Crippen LogP) is 2.64. The van der Waals surface area contributed by atoms with Crippen LogP contribution < -0.4 is 0 Å². The maximum absolute atomic E-state index is 10.1. The van der Waals surface area contributed by atoms with Gasteiger partial charge in [0.2, 0.25) is 0 Å². The number of hydrogen-bond acceptors (Lipinski definition) is 2. The maximum atomic E-state index is 10.1. The van der Waals surface area contributed by atoms with Crippen LogP contribution in [0.25, 0.3) is 0 Å². The minimum atomic E-state index is -0.762. The Morgan fingerprint density at radius 3 is 2.50 bits per heavy atom. The van der Waals surface area contributed by atoms with Gasteiger partial charge in [0.1, 0.15) is 0 Å². The molecule has 1 fully saturated rings. The molecule has 1 heterocycles. The van der Waals surface area contributed by atoms with Crippen LogP contribution in [-0.2, 0) is 9.53 Å². The zero-order chi connectivity index (χ0) is 11.8. The van der Waals surface area contributed by atoms with Crippen molar-refractivity contribution in [2.24, 2.45) is 0 Å². The summed E-state index contributed by atoms with van der Waals surface area (Å²) in [5.41, 5.74) is 1.32. The molecule has 1 aliphatic heterocycles. The average Bonchev–Trinajstić information content (AvgIpc) is 2.71. The summed E-state index contributed by atoms with van der Waals surface area (Å²) in [5, 5.41) is 8.29. The van der Waals surface area contributed by atoms with Crippen molar-refractivity contribution in [2.75, 3.05) is 6.61 Å². The van der Waals surface area contributed by atoms with Crippen LogP contribution in [0.5, 0.6) is 0 Å². The molecule has 0 radical (unpaired) electrons. The van der Waals surface area contributed by atoms with E-state index in [2.05, 4.69) is 19.1 Å². The lowest BCUT2D eigenvalue weighted by Gasteiger charge is -2.02. The van der Waals surface area contributed by atoms with Crippen LogP contribution in [0.4, 0.5) is 0 Å². The molecular weight excluding hydrogens is 204 g/mol. The molecule has 0 aliphatic carbocycles. The van der Waals surface area contributed by atoms with Gasteiger partial charge < -0.3 is 9.84 Å². The first kappa shape index (κ1) is 12.7. The maximum Gasteiger partial charge on any atom is 0.305 e. The van der Waals surface area contributed by atoms with E-state index < -0.39 is 5.97 Å². The van der Waals surface area contributed by atoms with Gasteiger partial charge in [0.15, 0.2) is 0 Å². The summed E-state index contributed by atoms with van der Waals surface area (Å²) >= 11 is 0. The molecule has 88 valence electrons. The third-order valence-corrected chi connectivity index (χ3v) is 2.37. The molecule has 3 nitrogen and oxygen atoms in total. The van der Waals surface area contributed by atoms with Crippen LogP contribution >= 0.6 is 0 Å². The number of aliphatic carboxylic acids is 1. The van der Waals surface area contributed by atoms with Gasteiger partial charge in [-0.25, -0.2) is 0 Å². The number of aryl methyl sites for hydroxylation is 1. The lowest BCUT2D eigenvalue weighted by Crippen LogP contribution is -2.10. The fourth-order valence-corrected chi connectivity index (χ4v) is 1.53. The van der Waals surface area contributed by atoms with Gasteiger partial charge in [-0.3, -0.25) is 4.79 Å². The molecule has 0 bridgehead atoms. The SMILES string of the molecule is Cc1ccccc1.O=C(O)CC1CCCO1. The lowest BCUT2D eigenvalue weighted by atomic mass is 10.2. The van der Waals surface area contributed by atoms with E-state index in [1.165, 1.54) is 5.56 Å². The Bertz CT molecular complexity index is 302. The molecule has 1 aromatic rings. The monoisotopic (exact) mass is 222 g/mol. The fourth-order valence-electron chi connectivity index (χ4n) is 1.53. The third kappa shape index (κ3) is 5.51. The first-order valence-electron chi connectivity index (χ1n) is 5.53. The van der Waals surface area contributed by atoms with E-state index >= 15 is 0 Å². The van der Waals surface area contributed by atoms with Gasteiger partial charge in [-0.1, -0.05) is 35.9 Å². The standard InChI is InChI=1S/C7H8.C6H10O3/c1-7-5-3-2-4-6-7;7-6(8)4-5-2-1-3-9-5/h2-6H,1H3;5H,1-4H2,(H,7,8). The topological polar surface area (TPSA) is 46.5 Å². The Balaban J connectivity index is 0.000000165. The summed E-state index contributed by atoms with van der Waals surface area (Å²) in [6.07, 6.45) is 2.08. The van der Waals surface area contributed by atoms with Crippen molar-refractivity contribution in [3.05, 3.63) is 35.9 Å². The molecule has 1 aromatic carbocycles. The summed E-state index contributed by atoms with van der Waals surface area (Å²) in [6, 6.07) is 10.3. The van der Waals surface area contributed by atoms with E-state index in [-0.39, 0.29) is 12.5 Å². The molecular formula is C13H18O3. The van der Waals surface area contributed by atoms with Gasteiger partial charge in [-0.05, 0) is 19.8 Å². The quantitative estimate of drug-likeness (QED) is 0.836. The second-order valence-corrected chi connectivity index (χ2v) is 3.89. The van der Waals surface area contributed by atoms with Crippen LogP contribution in [0.15, 0.2) is 30.3 Å². The average molecular weight is 222 g/mol. The highest BCUT2D eigenvalue weighted by atomic mass is 16.5. The van der Waals surface area contributed by atoms with Gasteiger partial charge in [0, 0.05) is 6.61 Å². The van der Waals surface area contributed by atoms with E-state index in [0.29, 0.717) is 0 Å². The van der Waals surface area contributed by atoms with Crippen molar-refractivity contribution < 1.29 is 14.6 Å². The summed E-state index contributed by atoms with van der Waals surface area (Å²) in [6.45, 7) is 2.82. The van der Waals surface area contributed by atoms with Crippen LogP contribution in [0, 0.1) is 6.92 Å². The number of rotatable bonds is 2. The van der Waals surface area contributed by atoms with Crippen LogP contribution in [0.1, 0.15) is 24.8 Å². The Labute approximate surface area is 96.1 Å². The second kappa shape index (κ2) is 7.01. The Morgan fingerprint density at radius 1 is 1.44 bits per heavy atom. The summed E-state index contributed by atoms with van der Waals surface area (Å²) in [5.74, 6) is -0.762. The number of carboxylic acids is 1. The number of carbonyl (C=O) groups is 1. The molecule has 0 spiro atoms. The molecule has 3 heteroatoms. The molecule has 0 saturated carbocycles. The largest absolute Gasteiger partial charge is 0.481 e. The van der Waals surface area contributed by atoms with Crippen LogP contribution in [-0.4, -0.2) is 23.8 Å². The molecule has 0 amide bonds. The van der Waals surface area contributed by atoms with Crippen molar-refractivity contribution in [3.63, 3.8) is 0 Å². The number of hydrogen-bond donors (Lipinski definition) is 1. The Morgan fingerprint density at radius 2 is 2.12 bits per heavy atom. The Kier molecular flexibility index (Phi) is 5.57. The smallest absolute Gasteiger partial charge is 0.305 e. The van der Waals surface area contributed by atoms with E-state index in [9.17, 15) is 4.79 Å². The fraction of sp³-hybridized carbons (Fsp3) is 0.462. The van der Waals surface area contributed by atoms with E-state index in [0.717, 1.165) is 19.4 Å². The predicted molar refractivity (Wildman–Crippen MR) is 62.4 cm³/mol. The first-order chi connectivity index (χ1) is 7.68. The highest BCUT2D eigenvalue weighted by molar-refractivity contribution is 5.67. The van der Waals surface area contributed by atoms with E-state index in [4.69, 9.17) is 9.84 Å². The number of benzene rings is 1. The van der Waals surface area contributed by atoms with Gasteiger partial charge >= 0.3 is 5.97 Å². The van der Waals surface area contributed by atoms with Crippen molar-refractivity contribution in [2.45, 2.75) is 32.3 Å². The first-order valence-corrected chi connectivity index (χ1v) is 5.53. The van der Waals surface area contributed by atoms with Crippen LogP contribution in [0.3, 0.4) is 0 Å². The molecule has 1 unspecified atom stereocenters. The van der Waals surface area contributed by atoms with Crippen molar-refractivity contribution in [1.82, 2.24) is 0 Å². The molecule has 1 N–H and O–H groups in total. The number of carboxylic acid groups (broad SMARTS) is 1. The van der Waals surface area contributed by atoms with Crippen molar-refractivity contribution >= 4 is 5.97 Å². The van der Waals surface area contributed by atoms with Gasteiger partial charge in [-0.2, -0.15) is 0 Å². The summed E-state index contributed by atoms with van der Waals surface area (Å²) in [4.78, 5) is 10.1. The highest BCUT2D eigenvalue weighted by Crippen LogP contribution is 2.14. The summed E-state index contributed by atoms with van der Waals surface area (Å²) in [7, 11) is 0. The van der Waals surface area contributed by atoms with E-state index in [1.54, 1.807) is 0 Å². The third-order valence-electron chi connectivity index (χ3n) is 2.37. The molecule has 2 rings (SSSR count). The molecule has 0 aromatic heterocycles.